The third kappa shape index (κ3) is 2.84. The summed E-state index contributed by atoms with van der Waals surface area (Å²) in [5.74, 6) is 1.42. The van der Waals surface area contributed by atoms with Crippen molar-refractivity contribution in [2.75, 3.05) is 5.32 Å². The van der Waals surface area contributed by atoms with E-state index in [2.05, 4.69) is 22.2 Å². The molecule has 1 aliphatic rings. The van der Waals surface area contributed by atoms with Crippen LogP contribution in [0.3, 0.4) is 0 Å². The van der Waals surface area contributed by atoms with Crippen molar-refractivity contribution in [3.05, 3.63) is 34.6 Å². The number of hydrogen-bond donors (Lipinski definition) is 2. The van der Waals surface area contributed by atoms with Crippen LogP contribution >= 0.6 is 0 Å². The van der Waals surface area contributed by atoms with E-state index in [1.54, 1.807) is 6.07 Å². The Bertz CT molecular complexity index is 649. The molecule has 0 amide bonds. The van der Waals surface area contributed by atoms with Crippen LogP contribution in [0.2, 0.25) is 0 Å². The predicted molar refractivity (Wildman–Crippen MR) is 82.0 cm³/mol. The van der Waals surface area contributed by atoms with Crippen LogP contribution in [-0.4, -0.2) is 16.0 Å². The number of hydrogen-bond acceptors (Lipinski definition) is 3. The van der Waals surface area contributed by atoms with Crippen molar-refractivity contribution < 1.29 is 0 Å². The molecule has 0 saturated heterocycles. The smallest absolute Gasteiger partial charge is 0.260 e. The molecule has 0 bridgehead atoms. The summed E-state index contributed by atoms with van der Waals surface area (Å²) in [5.41, 5.74) is 0.681. The zero-order chi connectivity index (χ0) is 13.9. The summed E-state index contributed by atoms with van der Waals surface area (Å²) in [5, 5.41) is 4.05. The van der Waals surface area contributed by atoms with Gasteiger partial charge < -0.3 is 5.32 Å². The van der Waals surface area contributed by atoms with Gasteiger partial charge in [0, 0.05) is 6.04 Å². The predicted octanol–water partition coefficient (Wildman–Crippen LogP) is 3.30. The van der Waals surface area contributed by atoms with Gasteiger partial charge in [-0.3, -0.25) is 9.78 Å². The highest BCUT2D eigenvalue weighted by molar-refractivity contribution is 5.78. The maximum Gasteiger partial charge on any atom is 0.260 e. The molecule has 3 rings (SSSR count). The Kier molecular flexibility index (Phi) is 3.72. The molecule has 1 fully saturated rings. The first kappa shape index (κ1) is 13.2. The fourth-order valence-electron chi connectivity index (χ4n) is 2.98. The van der Waals surface area contributed by atoms with Gasteiger partial charge in [-0.05, 0) is 37.3 Å². The molecule has 1 aromatic carbocycles. The van der Waals surface area contributed by atoms with Crippen LogP contribution in [0.25, 0.3) is 10.9 Å². The minimum atomic E-state index is -0.0694. The lowest BCUT2D eigenvalue weighted by Crippen LogP contribution is -2.22. The lowest BCUT2D eigenvalue weighted by Gasteiger charge is -2.16. The average molecular weight is 271 g/mol. The van der Waals surface area contributed by atoms with Crippen molar-refractivity contribution in [3.8, 4) is 0 Å². The Balaban J connectivity index is 1.82. The van der Waals surface area contributed by atoms with Gasteiger partial charge in [-0.25, -0.2) is 4.98 Å². The number of H-pyrrole nitrogens is 1. The number of aromatic nitrogens is 2. The number of rotatable bonds is 2. The zero-order valence-electron chi connectivity index (χ0n) is 11.9. The highest BCUT2D eigenvalue weighted by Crippen LogP contribution is 2.24. The Hall–Kier alpha value is -1.84. The zero-order valence-corrected chi connectivity index (χ0v) is 11.9. The minimum Gasteiger partial charge on any atom is -0.353 e. The lowest BCUT2D eigenvalue weighted by molar-refractivity contribution is 0.501. The molecule has 20 heavy (non-hydrogen) atoms. The first-order valence-corrected chi connectivity index (χ1v) is 7.48. The molecular weight excluding hydrogens is 250 g/mol. The second-order valence-corrected chi connectivity index (χ2v) is 5.89. The number of anilines is 1. The van der Waals surface area contributed by atoms with Crippen molar-refractivity contribution in [1.29, 1.82) is 0 Å². The van der Waals surface area contributed by atoms with Gasteiger partial charge in [-0.2, -0.15) is 0 Å². The molecule has 0 radical (unpaired) electrons. The first-order valence-electron chi connectivity index (χ1n) is 7.48. The summed E-state index contributed by atoms with van der Waals surface area (Å²) in [6, 6.07) is 7.87. The summed E-state index contributed by atoms with van der Waals surface area (Å²) in [6.45, 7) is 2.32. The van der Waals surface area contributed by atoms with Gasteiger partial charge in [0.05, 0.1) is 10.9 Å². The summed E-state index contributed by atoms with van der Waals surface area (Å²) in [6.07, 6.45) is 6.10. The monoisotopic (exact) mass is 271 g/mol. The highest BCUT2D eigenvalue weighted by atomic mass is 16.1. The number of aromatic amines is 1. The maximum absolute atomic E-state index is 12.0. The normalized spacial score (nSPS) is 23.4. The number of nitrogens with one attached hydrogen (secondary N) is 2. The van der Waals surface area contributed by atoms with E-state index in [-0.39, 0.29) is 5.56 Å². The van der Waals surface area contributed by atoms with Crippen LogP contribution in [0.15, 0.2) is 29.1 Å². The molecule has 2 N–H and O–H groups in total. The standard InChI is InChI=1S/C16H21N3O/c1-11-5-4-6-12(10-9-11)17-16-18-14-8-3-2-7-13(14)15(20)19-16/h2-3,7-8,11-12H,4-6,9-10H2,1H3,(H2,17,18,19,20). The largest absolute Gasteiger partial charge is 0.353 e. The number of benzene rings is 1. The van der Waals surface area contributed by atoms with E-state index in [4.69, 9.17) is 0 Å². The highest BCUT2D eigenvalue weighted by Gasteiger charge is 2.16. The molecule has 0 spiro atoms. The fourth-order valence-corrected chi connectivity index (χ4v) is 2.98. The summed E-state index contributed by atoms with van der Waals surface area (Å²) < 4.78 is 0. The third-order valence-electron chi connectivity index (χ3n) is 4.21. The van der Waals surface area contributed by atoms with E-state index < -0.39 is 0 Å². The van der Waals surface area contributed by atoms with Gasteiger partial charge in [-0.1, -0.05) is 31.9 Å². The van der Waals surface area contributed by atoms with Crippen molar-refractivity contribution in [2.24, 2.45) is 5.92 Å². The first-order chi connectivity index (χ1) is 9.72. The molecular formula is C16H21N3O. The number of nitrogens with zero attached hydrogens (tertiary/aromatic N) is 1. The van der Waals surface area contributed by atoms with Gasteiger partial charge in [0.15, 0.2) is 0 Å². The molecule has 1 saturated carbocycles. The van der Waals surface area contributed by atoms with Crippen LogP contribution in [0.4, 0.5) is 5.95 Å². The molecule has 2 unspecified atom stereocenters. The van der Waals surface area contributed by atoms with Gasteiger partial charge in [0.25, 0.3) is 5.56 Å². The van der Waals surface area contributed by atoms with Gasteiger partial charge >= 0.3 is 0 Å². The van der Waals surface area contributed by atoms with Crippen LogP contribution in [0, 0.1) is 5.92 Å². The van der Waals surface area contributed by atoms with Crippen molar-refractivity contribution in [2.45, 2.75) is 45.1 Å². The molecule has 4 heteroatoms. The molecule has 106 valence electrons. The van der Waals surface area contributed by atoms with E-state index in [1.165, 1.54) is 19.3 Å². The summed E-state index contributed by atoms with van der Waals surface area (Å²) >= 11 is 0. The Labute approximate surface area is 118 Å². The topological polar surface area (TPSA) is 57.8 Å². The molecule has 1 heterocycles. The minimum absolute atomic E-state index is 0.0694. The lowest BCUT2D eigenvalue weighted by atomic mass is 10.0. The number of para-hydroxylation sites is 1. The van der Waals surface area contributed by atoms with Crippen LogP contribution in [0.5, 0.6) is 0 Å². The van der Waals surface area contributed by atoms with Gasteiger partial charge in [0.1, 0.15) is 0 Å². The summed E-state index contributed by atoms with van der Waals surface area (Å²) in [4.78, 5) is 19.4. The fraction of sp³-hybridized carbons (Fsp3) is 0.500. The second kappa shape index (κ2) is 5.65. The van der Waals surface area contributed by atoms with Crippen LogP contribution in [0.1, 0.15) is 39.0 Å². The molecule has 0 aliphatic heterocycles. The Morgan fingerprint density at radius 3 is 2.95 bits per heavy atom. The molecule has 2 atom stereocenters. The molecule has 1 aromatic heterocycles. The molecule has 2 aromatic rings. The molecule has 1 aliphatic carbocycles. The third-order valence-corrected chi connectivity index (χ3v) is 4.21. The quantitative estimate of drug-likeness (QED) is 0.824. The number of fused-ring (bicyclic) bond motifs is 1. The average Bonchev–Trinajstić information content (AvgIpc) is 2.64. The Morgan fingerprint density at radius 2 is 2.05 bits per heavy atom. The molecule has 4 nitrogen and oxygen atoms in total. The van der Waals surface area contributed by atoms with Crippen molar-refractivity contribution in [1.82, 2.24) is 9.97 Å². The van der Waals surface area contributed by atoms with E-state index in [1.807, 2.05) is 18.2 Å². The summed E-state index contributed by atoms with van der Waals surface area (Å²) in [7, 11) is 0. The van der Waals surface area contributed by atoms with E-state index in [9.17, 15) is 4.79 Å². The van der Waals surface area contributed by atoms with Crippen LogP contribution in [-0.2, 0) is 0 Å². The van der Waals surface area contributed by atoms with Crippen LogP contribution < -0.4 is 10.9 Å². The van der Waals surface area contributed by atoms with Crippen molar-refractivity contribution in [3.63, 3.8) is 0 Å². The maximum atomic E-state index is 12.0. The van der Waals surface area contributed by atoms with Crippen molar-refractivity contribution >= 4 is 16.9 Å². The Morgan fingerprint density at radius 1 is 1.20 bits per heavy atom. The van der Waals surface area contributed by atoms with E-state index in [0.29, 0.717) is 17.4 Å². The van der Waals surface area contributed by atoms with Gasteiger partial charge in [-0.15, -0.1) is 0 Å². The van der Waals surface area contributed by atoms with E-state index >= 15 is 0 Å². The SMILES string of the molecule is CC1CCCC(Nc2nc3ccccc3c(=O)[nH]2)CC1. The van der Waals surface area contributed by atoms with Gasteiger partial charge in [0.2, 0.25) is 5.95 Å². The second-order valence-electron chi connectivity index (χ2n) is 5.89. The van der Waals surface area contributed by atoms with E-state index in [0.717, 1.165) is 24.3 Å².